The molecule has 0 aromatic carbocycles. The molecular formula is C14H21N3O4. The normalized spacial score (nSPS) is 25.6. The summed E-state index contributed by atoms with van der Waals surface area (Å²) in [5.41, 5.74) is 2.68. The van der Waals surface area contributed by atoms with Crippen molar-refractivity contribution >= 4 is 23.5 Å². The third kappa shape index (κ3) is 4.27. The van der Waals surface area contributed by atoms with Crippen molar-refractivity contribution in [2.75, 3.05) is 6.61 Å². The van der Waals surface area contributed by atoms with Crippen LogP contribution in [0.3, 0.4) is 0 Å². The molecule has 7 nitrogen and oxygen atoms in total. The molecule has 116 valence electrons. The molecule has 2 rings (SSSR count). The summed E-state index contributed by atoms with van der Waals surface area (Å²) in [5.74, 6) is -0.581. The average Bonchev–Trinajstić information content (AvgIpc) is 2.49. The Hall–Kier alpha value is -1.92. The first-order chi connectivity index (χ1) is 10.1. The number of ether oxygens (including phenoxy) is 1. The molecule has 0 atom stereocenters. The lowest BCUT2D eigenvalue weighted by molar-refractivity contribution is -0.149. The van der Waals surface area contributed by atoms with Gasteiger partial charge in [0.2, 0.25) is 5.91 Å². The number of carbonyl (C=O) groups is 3. The van der Waals surface area contributed by atoms with Crippen LogP contribution in [-0.4, -0.2) is 36.1 Å². The van der Waals surface area contributed by atoms with Gasteiger partial charge in [-0.25, -0.2) is 5.43 Å². The highest BCUT2D eigenvalue weighted by molar-refractivity contribution is 6.39. The molecule has 21 heavy (non-hydrogen) atoms. The summed E-state index contributed by atoms with van der Waals surface area (Å²) in [5, 5.41) is 6.70. The highest BCUT2D eigenvalue weighted by Crippen LogP contribution is 2.25. The smallest absolute Gasteiger partial charge is 0.308 e. The molecule has 1 heterocycles. The van der Waals surface area contributed by atoms with Gasteiger partial charge in [0.1, 0.15) is 5.71 Å². The van der Waals surface area contributed by atoms with E-state index >= 15 is 0 Å². The quantitative estimate of drug-likeness (QED) is 0.738. The molecule has 0 unspecified atom stereocenters. The second kappa shape index (κ2) is 7.19. The summed E-state index contributed by atoms with van der Waals surface area (Å²) in [7, 11) is 0. The number of nitrogens with one attached hydrogen (secondary N) is 2. The van der Waals surface area contributed by atoms with Crippen molar-refractivity contribution < 1.29 is 19.1 Å². The maximum Gasteiger partial charge on any atom is 0.308 e. The first kappa shape index (κ1) is 15.5. The fraction of sp³-hybridized carbons (Fsp3) is 0.714. The van der Waals surface area contributed by atoms with E-state index in [1.807, 2.05) is 0 Å². The van der Waals surface area contributed by atoms with Crippen LogP contribution in [0.25, 0.3) is 0 Å². The molecule has 0 aromatic heterocycles. The van der Waals surface area contributed by atoms with Crippen molar-refractivity contribution in [2.45, 2.75) is 51.5 Å². The van der Waals surface area contributed by atoms with Gasteiger partial charge in [0.25, 0.3) is 5.91 Å². The molecule has 0 spiro atoms. The lowest BCUT2D eigenvalue weighted by Gasteiger charge is -2.28. The van der Waals surface area contributed by atoms with Gasteiger partial charge in [0.05, 0.1) is 12.5 Å². The summed E-state index contributed by atoms with van der Waals surface area (Å²) in [6.07, 6.45) is 3.64. The minimum absolute atomic E-state index is 0.0515. The molecular weight excluding hydrogens is 274 g/mol. The van der Waals surface area contributed by atoms with E-state index in [1.54, 1.807) is 6.92 Å². The van der Waals surface area contributed by atoms with E-state index in [2.05, 4.69) is 15.8 Å². The van der Waals surface area contributed by atoms with E-state index in [4.69, 9.17) is 4.74 Å². The Kier molecular flexibility index (Phi) is 5.30. The molecule has 1 aliphatic heterocycles. The second-order valence-electron chi connectivity index (χ2n) is 5.37. The minimum Gasteiger partial charge on any atom is -0.466 e. The number of rotatable bonds is 4. The van der Waals surface area contributed by atoms with Gasteiger partial charge in [-0.2, -0.15) is 5.10 Å². The first-order valence-electron chi connectivity index (χ1n) is 7.43. The molecule has 1 aliphatic carbocycles. The minimum atomic E-state index is -0.227. The zero-order chi connectivity index (χ0) is 15.2. The standard InChI is InChI=1S/C14H21N3O4/c1-2-21-14(20)9-3-5-10(6-4-9)15-13(19)11-7-8-12(18)17-16-11/h9-10H,2-8H2,1H3,(H,15,19)(H,17,18). The first-order valence-corrected chi connectivity index (χ1v) is 7.43. The van der Waals surface area contributed by atoms with Gasteiger partial charge in [-0.1, -0.05) is 0 Å². The van der Waals surface area contributed by atoms with Gasteiger partial charge in [0.15, 0.2) is 0 Å². The van der Waals surface area contributed by atoms with Crippen molar-refractivity contribution in [3.05, 3.63) is 0 Å². The number of hydrogen-bond donors (Lipinski definition) is 2. The predicted molar refractivity (Wildman–Crippen MR) is 75.3 cm³/mol. The number of amides is 2. The van der Waals surface area contributed by atoms with Gasteiger partial charge in [0, 0.05) is 18.9 Å². The Balaban J connectivity index is 1.77. The van der Waals surface area contributed by atoms with Crippen LogP contribution >= 0.6 is 0 Å². The highest BCUT2D eigenvalue weighted by atomic mass is 16.5. The summed E-state index contributed by atoms with van der Waals surface area (Å²) < 4.78 is 5.02. The topological polar surface area (TPSA) is 96.9 Å². The van der Waals surface area contributed by atoms with Crippen LogP contribution in [0.4, 0.5) is 0 Å². The predicted octanol–water partition coefficient (Wildman–Crippen LogP) is 0.490. The van der Waals surface area contributed by atoms with Gasteiger partial charge in [-0.3, -0.25) is 14.4 Å². The number of hydrogen-bond acceptors (Lipinski definition) is 5. The number of hydrazone groups is 1. The van der Waals surface area contributed by atoms with E-state index in [-0.39, 0.29) is 29.7 Å². The van der Waals surface area contributed by atoms with Crippen LogP contribution in [0.2, 0.25) is 0 Å². The van der Waals surface area contributed by atoms with E-state index < -0.39 is 0 Å². The second-order valence-corrected chi connectivity index (χ2v) is 5.37. The number of esters is 1. The van der Waals surface area contributed by atoms with Gasteiger partial charge in [-0.05, 0) is 32.6 Å². The monoisotopic (exact) mass is 295 g/mol. The summed E-state index contributed by atoms with van der Waals surface area (Å²) in [6, 6.07) is 0.0588. The molecule has 0 bridgehead atoms. The summed E-state index contributed by atoms with van der Waals surface area (Å²) in [4.78, 5) is 34.6. The van der Waals surface area contributed by atoms with Crippen LogP contribution in [0, 0.1) is 5.92 Å². The maximum absolute atomic E-state index is 12.0. The fourth-order valence-electron chi connectivity index (χ4n) is 2.64. The molecule has 0 radical (unpaired) electrons. The van der Waals surface area contributed by atoms with E-state index in [9.17, 15) is 14.4 Å². The van der Waals surface area contributed by atoms with Gasteiger partial charge < -0.3 is 10.1 Å². The Morgan fingerprint density at radius 3 is 2.57 bits per heavy atom. The summed E-state index contributed by atoms with van der Waals surface area (Å²) in [6.45, 7) is 2.20. The molecule has 2 N–H and O–H groups in total. The zero-order valence-corrected chi connectivity index (χ0v) is 12.2. The van der Waals surface area contributed by atoms with Crippen molar-refractivity contribution in [2.24, 2.45) is 11.0 Å². The Labute approximate surface area is 123 Å². The Morgan fingerprint density at radius 2 is 2.00 bits per heavy atom. The van der Waals surface area contributed by atoms with Crippen molar-refractivity contribution in [1.29, 1.82) is 0 Å². The lowest BCUT2D eigenvalue weighted by Crippen LogP contribution is -2.44. The molecule has 7 heteroatoms. The lowest BCUT2D eigenvalue weighted by atomic mass is 9.86. The maximum atomic E-state index is 12.0. The Morgan fingerprint density at radius 1 is 1.29 bits per heavy atom. The van der Waals surface area contributed by atoms with E-state index in [0.29, 0.717) is 25.2 Å². The van der Waals surface area contributed by atoms with Crippen LogP contribution in [-0.2, 0) is 19.1 Å². The van der Waals surface area contributed by atoms with E-state index in [0.717, 1.165) is 25.7 Å². The largest absolute Gasteiger partial charge is 0.466 e. The average molecular weight is 295 g/mol. The zero-order valence-electron chi connectivity index (χ0n) is 12.2. The number of carbonyl (C=O) groups excluding carboxylic acids is 3. The van der Waals surface area contributed by atoms with Crippen molar-refractivity contribution in [1.82, 2.24) is 10.7 Å². The van der Waals surface area contributed by atoms with Crippen LogP contribution in [0.15, 0.2) is 5.10 Å². The van der Waals surface area contributed by atoms with E-state index in [1.165, 1.54) is 0 Å². The summed E-state index contributed by atoms with van der Waals surface area (Å²) >= 11 is 0. The van der Waals surface area contributed by atoms with Crippen LogP contribution < -0.4 is 10.7 Å². The van der Waals surface area contributed by atoms with Crippen LogP contribution in [0.1, 0.15) is 45.4 Å². The molecule has 1 fully saturated rings. The SMILES string of the molecule is CCOC(=O)C1CCC(NC(=O)C2=NNC(=O)CC2)CC1. The van der Waals surface area contributed by atoms with Crippen molar-refractivity contribution in [3.8, 4) is 0 Å². The number of nitrogens with zero attached hydrogens (tertiary/aromatic N) is 1. The Bertz CT molecular complexity index is 453. The molecule has 2 aliphatic rings. The van der Waals surface area contributed by atoms with Gasteiger partial charge in [-0.15, -0.1) is 0 Å². The van der Waals surface area contributed by atoms with Gasteiger partial charge >= 0.3 is 5.97 Å². The highest BCUT2D eigenvalue weighted by Gasteiger charge is 2.29. The van der Waals surface area contributed by atoms with Crippen LogP contribution in [0.5, 0.6) is 0 Å². The third-order valence-electron chi connectivity index (χ3n) is 3.85. The molecule has 1 saturated carbocycles. The third-order valence-corrected chi connectivity index (χ3v) is 3.85. The fourth-order valence-corrected chi connectivity index (χ4v) is 2.64. The molecule has 0 saturated heterocycles. The van der Waals surface area contributed by atoms with Crippen molar-refractivity contribution in [3.63, 3.8) is 0 Å². The molecule has 2 amide bonds. The molecule has 0 aromatic rings.